The van der Waals surface area contributed by atoms with E-state index < -0.39 is 0 Å². The molecule has 11 aromatic rings. The van der Waals surface area contributed by atoms with Gasteiger partial charge < -0.3 is 15.2 Å². The normalized spacial score (nSPS) is 14.2. The number of hydrogen-bond acceptors (Lipinski definition) is 13. The van der Waals surface area contributed by atoms with Crippen molar-refractivity contribution in [1.82, 2.24) is 44.8 Å². The zero-order chi connectivity index (χ0) is 41.8. The quantitative estimate of drug-likeness (QED) is 0.135. The maximum Gasteiger partial charge on any atom is 0.150 e. The molecule has 0 unspecified atom stereocenters. The van der Waals surface area contributed by atoms with Crippen molar-refractivity contribution in [2.75, 3.05) is 10.6 Å². The number of nitrogens with zero attached hydrogens (tertiary/aromatic N) is 9. The van der Waals surface area contributed by atoms with Crippen molar-refractivity contribution in [3.63, 3.8) is 0 Å². The molecule has 0 amide bonds. The van der Waals surface area contributed by atoms with Gasteiger partial charge in [-0.1, -0.05) is 11.2 Å². The van der Waals surface area contributed by atoms with Crippen LogP contribution in [0.4, 0.5) is 23.0 Å². The van der Waals surface area contributed by atoms with Gasteiger partial charge in [-0.2, -0.15) is 5.10 Å². The third kappa shape index (κ3) is 6.55. The predicted molar refractivity (Wildman–Crippen MR) is 252 cm³/mol. The van der Waals surface area contributed by atoms with E-state index in [1.54, 1.807) is 22.7 Å². The zero-order valence-corrected chi connectivity index (χ0v) is 35.9. The van der Waals surface area contributed by atoms with Crippen molar-refractivity contribution >= 4 is 98.8 Å². The van der Waals surface area contributed by atoms with Gasteiger partial charge in [0.2, 0.25) is 0 Å². The van der Waals surface area contributed by atoms with Gasteiger partial charge >= 0.3 is 0 Å². The lowest BCUT2D eigenvalue weighted by atomic mass is 10.0. The van der Waals surface area contributed by atoms with Crippen LogP contribution in [0.2, 0.25) is 0 Å². The third-order valence-corrected chi connectivity index (χ3v) is 14.5. The minimum Gasteiger partial charge on any atom is -0.360 e. The zero-order valence-electron chi connectivity index (χ0n) is 34.3. The lowest BCUT2D eigenvalue weighted by Crippen LogP contribution is -2.00. The van der Waals surface area contributed by atoms with Crippen molar-refractivity contribution in [2.45, 2.75) is 50.9 Å². The Morgan fingerprint density at radius 1 is 0.698 bits per heavy atom. The largest absolute Gasteiger partial charge is 0.360 e. The second-order valence-corrected chi connectivity index (χ2v) is 18.8. The molecule has 2 N–H and O–H groups in total. The molecule has 2 aliphatic rings. The van der Waals surface area contributed by atoms with Gasteiger partial charge in [-0.05, 0) is 117 Å². The lowest BCUT2D eigenvalue weighted by Gasteiger charge is -2.13. The minimum absolute atomic E-state index is 0.451. The number of benzene rings is 3. The molecule has 14 heteroatoms. The Kier molecular flexibility index (Phi) is 8.22. The fourth-order valence-corrected chi connectivity index (χ4v) is 11.0. The van der Waals surface area contributed by atoms with E-state index in [-0.39, 0.29) is 0 Å². The van der Waals surface area contributed by atoms with Gasteiger partial charge in [0.05, 0.1) is 75.8 Å². The monoisotopic (exact) mass is 859 g/mol. The van der Waals surface area contributed by atoms with Crippen LogP contribution < -0.4 is 10.6 Å². The molecule has 0 spiro atoms. The van der Waals surface area contributed by atoms with Gasteiger partial charge in [0.25, 0.3) is 0 Å². The SMILES string of the molecule is Cc1noc(Cc2cc(Nc3nc(-c4ccc5c(cnn5C)c4)cc4ncccc34)cc3sc(C4CC4)nc23)c1-c1cc2ncccc2c(Nc2ccc3nc(C4CC4)sc3c2)n1. The minimum atomic E-state index is 0.451. The molecular weight excluding hydrogens is 823 g/mol. The first kappa shape index (κ1) is 36.5. The van der Waals surface area contributed by atoms with Gasteiger partial charge in [-0.25, -0.2) is 19.9 Å². The first-order chi connectivity index (χ1) is 30.9. The number of fused-ring (bicyclic) bond motifs is 5. The summed E-state index contributed by atoms with van der Waals surface area (Å²) in [5.74, 6) is 3.27. The Balaban J connectivity index is 0.886. The Morgan fingerprint density at radius 3 is 2.17 bits per heavy atom. The average molecular weight is 860 g/mol. The Bertz CT molecular complexity index is 3630. The van der Waals surface area contributed by atoms with E-state index in [1.807, 2.05) is 61.5 Å². The highest BCUT2D eigenvalue weighted by Crippen LogP contribution is 2.46. The number of aryl methyl sites for hydroxylation is 2. The number of hydrogen-bond donors (Lipinski definition) is 2. The van der Waals surface area contributed by atoms with E-state index >= 15 is 0 Å². The third-order valence-electron chi connectivity index (χ3n) is 12.2. The fraction of sp³-hybridized carbons (Fsp3) is 0.184. The summed E-state index contributed by atoms with van der Waals surface area (Å²) in [4.78, 5) is 30.2. The molecule has 8 aromatic heterocycles. The summed E-state index contributed by atoms with van der Waals surface area (Å²) >= 11 is 3.56. The molecule has 63 heavy (non-hydrogen) atoms. The van der Waals surface area contributed by atoms with Crippen LogP contribution in [0.25, 0.3) is 75.7 Å². The Morgan fingerprint density at radius 2 is 1.40 bits per heavy atom. The topological polar surface area (TPSA) is 145 Å². The van der Waals surface area contributed by atoms with Crippen LogP contribution in [-0.2, 0) is 13.5 Å². The van der Waals surface area contributed by atoms with Crippen LogP contribution in [0.5, 0.6) is 0 Å². The smallest absolute Gasteiger partial charge is 0.150 e. The highest BCUT2D eigenvalue weighted by Gasteiger charge is 2.29. The fourth-order valence-electron chi connectivity index (χ4n) is 8.60. The first-order valence-electron chi connectivity index (χ1n) is 21.2. The van der Waals surface area contributed by atoms with Crippen LogP contribution in [0, 0.1) is 6.92 Å². The van der Waals surface area contributed by atoms with E-state index in [4.69, 9.17) is 34.4 Å². The molecular formula is C49H37N11OS2. The summed E-state index contributed by atoms with van der Waals surface area (Å²) in [6, 6.07) is 29.1. The Labute approximate surface area is 368 Å². The van der Waals surface area contributed by atoms with Gasteiger partial charge in [0.1, 0.15) is 11.6 Å². The second kappa shape index (κ2) is 14.2. The van der Waals surface area contributed by atoms with Crippen LogP contribution in [-0.4, -0.2) is 44.8 Å². The van der Waals surface area contributed by atoms with Crippen LogP contribution >= 0.6 is 22.7 Å². The molecule has 306 valence electrons. The summed E-state index contributed by atoms with van der Waals surface area (Å²) in [7, 11) is 1.95. The maximum absolute atomic E-state index is 6.22. The van der Waals surface area contributed by atoms with Gasteiger partial charge in [0, 0.05) is 70.8 Å². The van der Waals surface area contributed by atoms with Gasteiger partial charge in [-0.3, -0.25) is 14.6 Å². The molecule has 0 bridgehead atoms. The molecule has 2 saturated carbocycles. The number of rotatable bonds is 10. The number of aromatic nitrogens is 9. The number of pyridine rings is 4. The van der Waals surface area contributed by atoms with Crippen LogP contribution in [0.15, 0.2) is 108 Å². The van der Waals surface area contributed by atoms with E-state index in [0.717, 1.165) is 99.4 Å². The summed E-state index contributed by atoms with van der Waals surface area (Å²) < 4.78 is 10.4. The standard InChI is InChI=1S/C49H37N11OS2/c1-25-44(39-23-38-34(6-4-16-51-38)46(56-39)53-31-12-13-35-42(20-31)62-48(57-35)26-7-8-26)41(61-59-25)19-29-18-32(21-43-45(29)58-49(63-43)27-9-10-27)54-47-33-5-3-15-50-37(33)22-36(55-47)28-11-14-40-30(17-28)24-52-60(40)2/h3-6,11-18,20-24,26-27H,7-10,19H2,1-2H3,(H,53,56)(H,54,55). The van der Waals surface area contributed by atoms with Crippen molar-refractivity contribution in [3.05, 3.63) is 131 Å². The van der Waals surface area contributed by atoms with Gasteiger partial charge in [0.15, 0.2) is 5.76 Å². The number of thiazole rings is 2. The average Bonchev–Trinajstić information content (AvgIpc) is 4.18. The number of nitrogens with one attached hydrogen (secondary N) is 2. The van der Waals surface area contributed by atoms with E-state index in [1.165, 1.54) is 40.4 Å². The van der Waals surface area contributed by atoms with E-state index in [9.17, 15) is 0 Å². The Hall–Kier alpha value is -7.16. The maximum atomic E-state index is 6.22. The highest BCUT2D eigenvalue weighted by molar-refractivity contribution is 7.19. The molecule has 12 nitrogen and oxygen atoms in total. The molecule has 13 rings (SSSR count). The summed E-state index contributed by atoms with van der Waals surface area (Å²) in [5.41, 5.74) is 11.8. The van der Waals surface area contributed by atoms with Crippen molar-refractivity contribution in [1.29, 1.82) is 0 Å². The van der Waals surface area contributed by atoms with Crippen LogP contribution in [0.3, 0.4) is 0 Å². The summed E-state index contributed by atoms with van der Waals surface area (Å²) in [6.45, 7) is 1.97. The van der Waals surface area contributed by atoms with Crippen molar-refractivity contribution in [2.24, 2.45) is 7.05 Å². The molecule has 0 radical (unpaired) electrons. The molecule has 3 aromatic carbocycles. The number of anilines is 4. The summed E-state index contributed by atoms with van der Waals surface area (Å²) in [5, 5.41) is 21.7. The molecule has 2 aliphatic carbocycles. The summed E-state index contributed by atoms with van der Waals surface area (Å²) in [6.07, 6.45) is 10.8. The second-order valence-electron chi connectivity index (χ2n) is 16.7. The molecule has 2 fully saturated rings. The predicted octanol–water partition coefficient (Wildman–Crippen LogP) is 12.1. The molecule has 8 heterocycles. The van der Waals surface area contributed by atoms with Gasteiger partial charge in [-0.15, -0.1) is 22.7 Å². The van der Waals surface area contributed by atoms with E-state index in [0.29, 0.717) is 29.8 Å². The molecule has 0 saturated heterocycles. The lowest BCUT2D eigenvalue weighted by molar-refractivity contribution is 0.386. The molecule has 0 aliphatic heterocycles. The van der Waals surface area contributed by atoms with Crippen molar-refractivity contribution < 1.29 is 4.52 Å². The highest BCUT2D eigenvalue weighted by atomic mass is 32.1. The van der Waals surface area contributed by atoms with Crippen molar-refractivity contribution in [3.8, 4) is 22.5 Å². The molecule has 0 atom stereocenters. The first-order valence-corrected chi connectivity index (χ1v) is 22.8. The van der Waals surface area contributed by atoms with Crippen LogP contribution in [0.1, 0.15) is 64.6 Å². The van der Waals surface area contributed by atoms with E-state index in [2.05, 4.69) is 81.6 Å².